The number of ether oxygens (including phenoxy) is 2. The Morgan fingerprint density at radius 2 is 1.23 bits per heavy atom. The van der Waals surface area contributed by atoms with Crippen LogP contribution in [0, 0.1) is 5.41 Å². The second-order valence-corrected chi connectivity index (χ2v) is 7.63. The molecule has 138 valence electrons. The van der Waals surface area contributed by atoms with E-state index in [1.54, 1.807) is 14.2 Å². The molecule has 0 saturated heterocycles. The highest BCUT2D eigenvalue weighted by molar-refractivity contribution is 5.56. The van der Waals surface area contributed by atoms with E-state index in [1.807, 2.05) is 48.5 Å². The molecule has 2 aromatic carbocycles. The Balaban J connectivity index is 1.88. The molecule has 2 N–H and O–H groups in total. The van der Waals surface area contributed by atoms with Crippen molar-refractivity contribution in [1.82, 2.24) is 0 Å². The monoisotopic (exact) mass is 352 g/mol. The van der Waals surface area contributed by atoms with Gasteiger partial charge in [0.25, 0.3) is 0 Å². The lowest BCUT2D eigenvalue weighted by Gasteiger charge is -2.43. The predicted molar refractivity (Wildman–Crippen MR) is 108 cm³/mol. The maximum absolute atomic E-state index is 5.27. The van der Waals surface area contributed by atoms with Crippen LogP contribution in [-0.2, 0) is 0 Å². The number of nitrogens with one attached hydrogen (secondary N) is 2. The molecule has 0 aliphatic heterocycles. The molecule has 0 spiro atoms. The molecule has 0 saturated carbocycles. The van der Waals surface area contributed by atoms with E-state index in [0.29, 0.717) is 0 Å². The van der Waals surface area contributed by atoms with E-state index in [9.17, 15) is 0 Å². The number of anilines is 2. The molecule has 0 aromatic heterocycles. The highest BCUT2D eigenvalue weighted by Gasteiger charge is 2.37. The third-order valence-corrected chi connectivity index (χ3v) is 4.75. The van der Waals surface area contributed by atoms with Gasteiger partial charge in [-0.15, -0.1) is 0 Å². The number of allylic oxidation sites excluding steroid dienone is 1. The summed E-state index contributed by atoms with van der Waals surface area (Å²) in [5.74, 6) is 1.71. The molecular weight excluding hydrogens is 324 g/mol. The van der Waals surface area contributed by atoms with Gasteiger partial charge in [0.2, 0.25) is 0 Å². The van der Waals surface area contributed by atoms with E-state index in [2.05, 4.69) is 36.6 Å². The average molecular weight is 352 g/mol. The molecule has 2 aromatic rings. The fourth-order valence-corrected chi connectivity index (χ4v) is 3.53. The molecule has 1 aliphatic carbocycles. The SMILES string of the molecule is COc1ccc(NC2(Nc3ccc(OC)cc3)C=CCC(C)(C)C2)cc1. The average Bonchev–Trinajstić information content (AvgIpc) is 2.62. The second kappa shape index (κ2) is 7.32. The summed E-state index contributed by atoms with van der Waals surface area (Å²) in [5, 5.41) is 7.39. The summed E-state index contributed by atoms with van der Waals surface area (Å²) in [6, 6.07) is 16.1. The van der Waals surface area contributed by atoms with Crippen LogP contribution in [-0.4, -0.2) is 19.9 Å². The van der Waals surface area contributed by atoms with E-state index in [1.165, 1.54) is 0 Å². The van der Waals surface area contributed by atoms with Gasteiger partial charge in [0.05, 0.1) is 14.2 Å². The smallest absolute Gasteiger partial charge is 0.128 e. The molecule has 4 nitrogen and oxygen atoms in total. The van der Waals surface area contributed by atoms with Gasteiger partial charge in [0.15, 0.2) is 0 Å². The number of hydrogen-bond donors (Lipinski definition) is 2. The molecule has 0 bridgehead atoms. The molecule has 4 heteroatoms. The zero-order chi connectivity index (χ0) is 18.6. The van der Waals surface area contributed by atoms with Crippen LogP contribution in [0.25, 0.3) is 0 Å². The molecule has 0 heterocycles. The summed E-state index contributed by atoms with van der Waals surface area (Å²) in [7, 11) is 3.36. The Kier molecular flexibility index (Phi) is 5.12. The lowest BCUT2D eigenvalue weighted by atomic mass is 9.75. The number of rotatable bonds is 6. The van der Waals surface area contributed by atoms with Crippen LogP contribution in [0.5, 0.6) is 11.5 Å². The van der Waals surface area contributed by atoms with Gasteiger partial charge in [0, 0.05) is 11.4 Å². The topological polar surface area (TPSA) is 42.5 Å². The first-order valence-corrected chi connectivity index (χ1v) is 8.96. The number of methoxy groups -OCH3 is 2. The Morgan fingerprint density at radius 3 is 1.62 bits per heavy atom. The minimum Gasteiger partial charge on any atom is -0.497 e. The second-order valence-electron chi connectivity index (χ2n) is 7.63. The summed E-state index contributed by atoms with van der Waals surface area (Å²) in [5.41, 5.74) is 1.95. The summed E-state index contributed by atoms with van der Waals surface area (Å²) in [6.45, 7) is 4.60. The first-order valence-electron chi connectivity index (χ1n) is 8.96. The third kappa shape index (κ3) is 4.31. The predicted octanol–water partition coefficient (Wildman–Crippen LogP) is 5.30. The first kappa shape index (κ1) is 18.2. The Labute approximate surface area is 156 Å². The fraction of sp³-hybridized carbons (Fsp3) is 0.364. The zero-order valence-corrected chi connectivity index (χ0v) is 16.0. The zero-order valence-electron chi connectivity index (χ0n) is 16.0. The van der Waals surface area contributed by atoms with Gasteiger partial charge in [-0.1, -0.05) is 19.9 Å². The van der Waals surface area contributed by atoms with Crippen molar-refractivity contribution < 1.29 is 9.47 Å². The molecule has 0 unspecified atom stereocenters. The molecule has 3 rings (SSSR count). The van der Waals surface area contributed by atoms with Crippen molar-refractivity contribution in [3.8, 4) is 11.5 Å². The van der Waals surface area contributed by atoms with Gasteiger partial charge in [-0.2, -0.15) is 0 Å². The van der Waals surface area contributed by atoms with Crippen molar-refractivity contribution in [3.05, 3.63) is 60.7 Å². The van der Waals surface area contributed by atoms with Gasteiger partial charge in [0.1, 0.15) is 17.2 Å². The lowest BCUT2D eigenvalue weighted by Crippen LogP contribution is -2.49. The largest absolute Gasteiger partial charge is 0.497 e. The summed E-state index contributed by atoms with van der Waals surface area (Å²) in [4.78, 5) is 0. The first-order chi connectivity index (χ1) is 12.4. The maximum Gasteiger partial charge on any atom is 0.128 e. The molecule has 0 atom stereocenters. The minimum absolute atomic E-state index is 0.202. The van der Waals surface area contributed by atoms with Crippen molar-refractivity contribution in [2.75, 3.05) is 24.9 Å². The van der Waals surface area contributed by atoms with Crippen LogP contribution in [0.2, 0.25) is 0 Å². The van der Waals surface area contributed by atoms with Gasteiger partial charge in [-0.25, -0.2) is 0 Å². The van der Waals surface area contributed by atoms with Crippen LogP contribution in [0.3, 0.4) is 0 Å². The normalized spacial score (nSPS) is 17.4. The van der Waals surface area contributed by atoms with Gasteiger partial charge in [-0.05, 0) is 72.9 Å². The van der Waals surface area contributed by atoms with Crippen molar-refractivity contribution >= 4 is 11.4 Å². The highest BCUT2D eigenvalue weighted by Crippen LogP contribution is 2.39. The van der Waals surface area contributed by atoms with E-state index in [4.69, 9.17) is 9.47 Å². The third-order valence-electron chi connectivity index (χ3n) is 4.75. The van der Waals surface area contributed by atoms with Gasteiger partial charge >= 0.3 is 0 Å². The van der Waals surface area contributed by atoms with Crippen molar-refractivity contribution in [1.29, 1.82) is 0 Å². The molecule has 26 heavy (non-hydrogen) atoms. The lowest BCUT2D eigenvalue weighted by molar-refractivity contribution is 0.280. The quantitative estimate of drug-likeness (QED) is 0.547. The van der Waals surface area contributed by atoms with E-state index >= 15 is 0 Å². The van der Waals surface area contributed by atoms with Crippen molar-refractivity contribution in [2.24, 2.45) is 5.41 Å². The Bertz CT molecular complexity index is 699. The molecule has 0 amide bonds. The minimum atomic E-state index is -0.356. The van der Waals surface area contributed by atoms with E-state index < -0.39 is 0 Å². The molecule has 0 fully saturated rings. The van der Waals surface area contributed by atoms with Crippen molar-refractivity contribution in [2.45, 2.75) is 32.4 Å². The standard InChI is InChI=1S/C22H28N2O2/c1-21(2)14-5-15-22(16-21,23-17-6-10-19(25-3)11-7-17)24-18-8-12-20(26-4)13-9-18/h5-13,15,23-24H,14,16H2,1-4H3. The van der Waals surface area contributed by atoms with Crippen LogP contribution in [0.1, 0.15) is 26.7 Å². The van der Waals surface area contributed by atoms with Gasteiger partial charge in [-0.3, -0.25) is 0 Å². The Morgan fingerprint density at radius 1 is 0.769 bits per heavy atom. The van der Waals surface area contributed by atoms with Crippen LogP contribution < -0.4 is 20.1 Å². The van der Waals surface area contributed by atoms with Crippen molar-refractivity contribution in [3.63, 3.8) is 0 Å². The van der Waals surface area contributed by atoms with Crippen LogP contribution in [0.15, 0.2) is 60.7 Å². The Hall–Kier alpha value is -2.62. The van der Waals surface area contributed by atoms with E-state index in [-0.39, 0.29) is 11.1 Å². The van der Waals surface area contributed by atoms with Gasteiger partial charge < -0.3 is 20.1 Å². The van der Waals surface area contributed by atoms with Crippen LogP contribution in [0.4, 0.5) is 11.4 Å². The fourth-order valence-electron chi connectivity index (χ4n) is 3.53. The number of hydrogen-bond acceptors (Lipinski definition) is 4. The molecular formula is C22H28N2O2. The van der Waals surface area contributed by atoms with Crippen LogP contribution >= 0.6 is 0 Å². The number of benzene rings is 2. The molecule has 1 aliphatic rings. The maximum atomic E-state index is 5.27. The summed E-state index contributed by atoms with van der Waals surface area (Å²) in [6.07, 6.45) is 6.54. The van der Waals surface area contributed by atoms with E-state index in [0.717, 1.165) is 35.7 Å². The molecule has 0 radical (unpaired) electrons. The summed E-state index contributed by atoms with van der Waals surface area (Å²) < 4.78 is 10.5. The summed E-state index contributed by atoms with van der Waals surface area (Å²) >= 11 is 0. The highest BCUT2D eigenvalue weighted by atomic mass is 16.5.